The van der Waals surface area contributed by atoms with Gasteiger partial charge in [-0.1, -0.05) is 5.16 Å². The van der Waals surface area contributed by atoms with Crippen LogP contribution in [0.25, 0.3) is 6.08 Å². The molecule has 6 nitrogen and oxygen atoms in total. The Morgan fingerprint density at radius 1 is 1.50 bits per heavy atom. The summed E-state index contributed by atoms with van der Waals surface area (Å²) < 4.78 is 4.90. The van der Waals surface area contributed by atoms with Gasteiger partial charge in [0.15, 0.2) is 0 Å². The summed E-state index contributed by atoms with van der Waals surface area (Å²) in [5.74, 6) is -0.567. The fraction of sp³-hybridized carbons (Fsp3) is 0.154. The van der Waals surface area contributed by atoms with Gasteiger partial charge in [0.05, 0.1) is 11.4 Å². The van der Waals surface area contributed by atoms with E-state index in [0.29, 0.717) is 21.2 Å². The van der Waals surface area contributed by atoms with Gasteiger partial charge < -0.3 is 14.9 Å². The Morgan fingerprint density at radius 2 is 2.30 bits per heavy atom. The van der Waals surface area contributed by atoms with E-state index in [2.05, 4.69) is 10.5 Å². The van der Waals surface area contributed by atoms with E-state index in [1.165, 1.54) is 17.4 Å². The van der Waals surface area contributed by atoms with Crippen LogP contribution < -0.4 is 5.32 Å². The molecule has 0 spiro atoms. The predicted octanol–water partition coefficient (Wildman–Crippen LogP) is 2.07. The molecule has 104 valence electrons. The first-order chi connectivity index (χ1) is 9.54. The second-order valence-corrected chi connectivity index (χ2v) is 5.10. The quantitative estimate of drug-likeness (QED) is 0.823. The fourth-order valence-electron chi connectivity index (χ4n) is 1.48. The first-order valence-corrected chi connectivity index (χ1v) is 6.57. The minimum atomic E-state index is -1.02. The Kier molecular flexibility index (Phi) is 4.31. The first-order valence-electron chi connectivity index (χ1n) is 5.76. The van der Waals surface area contributed by atoms with Crippen molar-refractivity contribution in [2.75, 3.05) is 0 Å². The van der Waals surface area contributed by atoms with Crippen LogP contribution in [-0.2, 0) is 11.3 Å². The molecular formula is C13H12N2O4S. The molecule has 0 saturated carbocycles. The van der Waals surface area contributed by atoms with E-state index in [9.17, 15) is 9.59 Å². The zero-order chi connectivity index (χ0) is 14.5. The van der Waals surface area contributed by atoms with Crippen LogP contribution in [-0.4, -0.2) is 22.1 Å². The number of carboxylic acids is 1. The Balaban J connectivity index is 1.94. The minimum absolute atomic E-state index is 0.231. The monoisotopic (exact) mass is 292 g/mol. The summed E-state index contributed by atoms with van der Waals surface area (Å²) in [6.07, 6.45) is 2.48. The van der Waals surface area contributed by atoms with Crippen molar-refractivity contribution in [2.24, 2.45) is 0 Å². The van der Waals surface area contributed by atoms with Gasteiger partial charge in [-0.15, -0.1) is 11.3 Å². The van der Waals surface area contributed by atoms with Crippen molar-refractivity contribution in [1.29, 1.82) is 0 Å². The molecule has 0 bridgehead atoms. The third-order valence-corrected chi connectivity index (χ3v) is 3.40. The summed E-state index contributed by atoms with van der Waals surface area (Å²) in [6.45, 7) is 2.06. The molecule has 0 atom stereocenters. The van der Waals surface area contributed by atoms with Crippen molar-refractivity contribution < 1.29 is 19.2 Å². The molecule has 0 aliphatic carbocycles. The van der Waals surface area contributed by atoms with E-state index in [-0.39, 0.29) is 12.5 Å². The van der Waals surface area contributed by atoms with E-state index in [1.807, 2.05) is 0 Å². The lowest BCUT2D eigenvalue weighted by atomic mass is 10.3. The minimum Gasteiger partial charge on any atom is -0.478 e. The maximum atomic E-state index is 11.9. The standard InChI is InChI=1S/C13H12N2O4S/c1-8-6-9(15-19-8)7-14-13(18)11-4-2-10(20-11)3-5-12(16)17/h2-6H,7H2,1H3,(H,14,18)(H,16,17). The molecule has 0 radical (unpaired) electrons. The van der Waals surface area contributed by atoms with Crippen LogP contribution in [0.4, 0.5) is 0 Å². The number of thiophene rings is 1. The Bertz CT molecular complexity index is 657. The highest BCUT2D eigenvalue weighted by Gasteiger charge is 2.09. The van der Waals surface area contributed by atoms with Gasteiger partial charge in [-0.3, -0.25) is 4.79 Å². The van der Waals surface area contributed by atoms with Crippen LogP contribution >= 0.6 is 11.3 Å². The predicted molar refractivity (Wildman–Crippen MR) is 73.4 cm³/mol. The van der Waals surface area contributed by atoms with Gasteiger partial charge in [0.2, 0.25) is 0 Å². The smallest absolute Gasteiger partial charge is 0.328 e. The van der Waals surface area contributed by atoms with Crippen LogP contribution in [0.5, 0.6) is 0 Å². The number of rotatable bonds is 5. The average Bonchev–Trinajstić information content (AvgIpc) is 3.02. The van der Waals surface area contributed by atoms with Crippen molar-refractivity contribution in [3.05, 3.63) is 45.5 Å². The van der Waals surface area contributed by atoms with Gasteiger partial charge in [0.1, 0.15) is 11.5 Å². The number of nitrogens with zero attached hydrogens (tertiary/aromatic N) is 1. The molecule has 1 amide bonds. The number of aromatic nitrogens is 1. The molecule has 7 heteroatoms. The third-order valence-electron chi connectivity index (χ3n) is 2.35. The average molecular weight is 292 g/mol. The number of hydrogen-bond acceptors (Lipinski definition) is 5. The molecule has 2 rings (SSSR count). The number of aryl methyl sites for hydroxylation is 1. The maximum absolute atomic E-state index is 11.9. The number of aliphatic carboxylic acids is 1. The Morgan fingerprint density at radius 3 is 2.95 bits per heavy atom. The van der Waals surface area contributed by atoms with Crippen LogP contribution in [0.15, 0.2) is 28.8 Å². The normalized spacial score (nSPS) is 10.8. The lowest BCUT2D eigenvalue weighted by Gasteiger charge is -1.99. The number of nitrogens with one attached hydrogen (secondary N) is 1. The van der Waals surface area contributed by atoms with Gasteiger partial charge in [-0.2, -0.15) is 0 Å². The van der Waals surface area contributed by atoms with E-state index in [4.69, 9.17) is 9.63 Å². The molecule has 2 aromatic heterocycles. The number of carboxylic acid groups (broad SMARTS) is 1. The van der Waals surface area contributed by atoms with Gasteiger partial charge in [0.25, 0.3) is 5.91 Å². The third kappa shape index (κ3) is 3.79. The van der Waals surface area contributed by atoms with E-state index < -0.39 is 5.97 Å². The largest absolute Gasteiger partial charge is 0.478 e. The van der Waals surface area contributed by atoms with Crippen molar-refractivity contribution in [1.82, 2.24) is 10.5 Å². The second kappa shape index (κ2) is 6.16. The van der Waals surface area contributed by atoms with Crippen molar-refractivity contribution in [3.8, 4) is 0 Å². The molecule has 0 aliphatic heterocycles. The first kappa shape index (κ1) is 14.0. The summed E-state index contributed by atoms with van der Waals surface area (Å²) in [6, 6.07) is 5.09. The van der Waals surface area contributed by atoms with E-state index in [0.717, 1.165) is 6.08 Å². The summed E-state index contributed by atoms with van der Waals surface area (Å²) >= 11 is 1.22. The zero-order valence-corrected chi connectivity index (χ0v) is 11.4. The highest BCUT2D eigenvalue weighted by atomic mass is 32.1. The fourth-order valence-corrected chi connectivity index (χ4v) is 2.30. The van der Waals surface area contributed by atoms with E-state index >= 15 is 0 Å². The molecular weight excluding hydrogens is 280 g/mol. The Labute approximate surface area is 118 Å². The van der Waals surface area contributed by atoms with Crippen molar-refractivity contribution in [2.45, 2.75) is 13.5 Å². The van der Waals surface area contributed by atoms with Crippen LogP contribution in [0, 0.1) is 6.92 Å². The van der Waals surface area contributed by atoms with Gasteiger partial charge in [-0.05, 0) is 25.1 Å². The van der Waals surface area contributed by atoms with Crippen molar-refractivity contribution in [3.63, 3.8) is 0 Å². The second-order valence-electron chi connectivity index (χ2n) is 3.99. The number of amides is 1. The molecule has 20 heavy (non-hydrogen) atoms. The number of carbonyl (C=O) groups excluding carboxylic acids is 1. The number of carbonyl (C=O) groups is 2. The molecule has 0 fully saturated rings. The molecule has 0 aliphatic rings. The van der Waals surface area contributed by atoms with Gasteiger partial charge in [0, 0.05) is 17.0 Å². The lowest BCUT2D eigenvalue weighted by molar-refractivity contribution is -0.131. The molecule has 0 unspecified atom stereocenters. The van der Waals surface area contributed by atoms with Crippen molar-refractivity contribution >= 4 is 29.3 Å². The highest BCUT2D eigenvalue weighted by Crippen LogP contribution is 2.18. The zero-order valence-electron chi connectivity index (χ0n) is 10.6. The summed E-state index contributed by atoms with van der Waals surface area (Å²) in [5.41, 5.74) is 0.651. The van der Waals surface area contributed by atoms with Gasteiger partial charge in [-0.25, -0.2) is 4.79 Å². The van der Waals surface area contributed by atoms with Crippen LogP contribution in [0.3, 0.4) is 0 Å². The summed E-state index contributed by atoms with van der Waals surface area (Å²) in [5, 5.41) is 15.0. The maximum Gasteiger partial charge on any atom is 0.328 e. The molecule has 2 aromatic rings. The summed E-state index contributed by atoms with van der Waals surface area (Å²) in [4.78, 5) is 23.5. The molecule has 0 saturated heterocycles. The highest BCUT2D eigenvalue weighted by molar-refractivity contribution is 7.14. The summed E-state index contributed by atoms with van der Waals surface area (Å²) in [7, 11) is 0. The van der Waals surface area contributed by atoms with E-state index in [1.54, 1.807) is 25.1 Å². The van der Waals surface area contributed by atoms with Crippen LogP contribution in [0.2, 0.25) is 0 Å². The molecule has 2 heterocycles. The SMILES string of the molecule is Cc1cc(CNC(=O)c2ccc(C=CC(=O)O)s2)no1. The van der Waals surface area contributed by atoms with Gasteiger partial charge >= 0.3 is 5.97 Å². The Hall–Kier alpha value is -2.41. The lowest BCUT2D eigenvalue weighted by Crippen LogP contribution is -2.21. The topological polar surface area (TPSA) is 92.4 Å². The molecule has 0 aromatic carbocycles. The van der Waals surface area contributed by atoms with Crippen LogP contribution in [0.1, 0.15) is 26.0 Å². The number of hydrogen-bond donors (Lipinski definition) is 2. The molecule has 2 N–H and O–H groups in total.